The Hall–Kier alpha value is -2.75. The van der Waals surface area contributed by atoms with Gasteiger partial charge >= 0.3 is 0 Å². The fourth-order valence-electron chi connectivity index (χ4n) is 3.35. The third-order valence-corrected chi connectivity index (χ3v) is 5.59. The van der Waals surface area contributed by atoms with E-state index in [1.165, 1.54) is 0 Å². The van der Waals surface area contributed by atoms with Gasteiger partial charge in [-0.05, 0) is 54.6 Å². The van der Waals surface area contributed by atoms with Crippen LogP contribution >= 0.6 is 22.6 Å². The molecule has 3 aromatic heterocycles. The van der Waals surface area contributed by atoms with E-state index in [0.29, 0.717) is 34.0 Å². The van der Waals surface area contributed by atoms with Crippen molar-refractivity contribution in [2.75, 3.05) is 0 Å². The van der Waals surface area contributed by atoms with E-state index in [1.807, 2.05) is 36.4 Å². The van der Waals surface area contributed by atoms with E-state index in [1.54, 1.807) is 13.8 Å². The van der Waals surface area contributed by atoms with Gasteiger partial charge in [0.2, 0.25) is 0 Å². The van der Waals surface area contributed by atoms with Gasteiger partial charge in [-0.25, -0.2) is 0 Å². The average Bonchev–Trinajstić information content (AvgIpc) is 3.33. The molecule has 1 aromatic carbocycles. The van der Waals surface area contributed by atoms with Crippen LogP contribution < -0.4 is 11.1 Å². The van der Waals surface area contributed by atoms with Gasteiger partial charge in [0.05, 0.1) is 17.0 Å². The minimum Gasteiger partial charge on any atom is -0.460 e. The Balaban J connectivity index is 1.93. The second-order valence-electron chi connectivity index (χ2n) is 6.35. The largest absolute Gasteiger partial charge is 0.460 e. The van der Waals surface area contributed by atoms with Crippen LogP contribution in [-0.2, 0) is 0 Å². The number of halogens is 1. The molecule has 0 unspecified atom stereocenters. The summed E-state index contributed by atoms with van der Waals surface area (Å²) in [7, 11) is 0. The second kappa shape index (κ2) is 6.76. The average molecular weight is 476 g/mol. The SMILES string of the molecule is Cc1[nH][nH]c(=O)c1C(c1ccc(-c2ccccc2I)o1)c1c(C)[nH][nH]c1=O. The van der Waals surface area contributed by atoms with Crippen molar-refractivity contribution in [3.63, 3.8) is 0 Å². The van der Waals surface area contributed by atoms with Crippen molar-refractivity contribution in [2.45, 2.75) is 19.8 Å². The monoisotopic (exact) mass is 476 g/mol. The summed E-state index contributed by atoms with van der Waals surface area (Å²) in [4.78, 5) is 24.9. The highest BCUT2D eigenvalue weighted by Crippen LogP contribution is 2.35. The third-order valence-electron chi connectivity index (χ3n) is 4.65. The first-order valence-corrected chi connectivity index (χ1v) is 9.44. The van der Waals surface area contributed by atoms with Crippen molar-refractivity contribution in [1.82, 2.24) is 20.4 Å². The van der Waals surface area contributed by atoms with Gasteiger partial charge in [0, 0.05) is 20.5 Å². The molecular weight excluding hydrogens is 459 g/mol. The number of nitrogens with one attached hydrogen (secondary N) is 4. The zero-order valence-corrected chi connectivity index (χ0v) is 16.8. The molecule has 27 heavy (non-hydrogen) atoms. The fourth-order valence-corrected chi connectivity index (χ4v) is 4.00. The van der Waals surface area contributed by atoms with E-state index in [9.17, 15) is 9.59 Å². The predicted molar refractivity (Wildman–Crippen MR) is 110 cm³/mol. The van der Waals surface area contributed by atoms with Gasteiger partial charge in [0.1, 0.15) is 11.5 Å². The first kappa shape index (κ1) is 17.7. The van der Waals surface area contributed by atoms with Crippen LogP contribution in [0.15, 0.2) is 50.4 Å². The fraction of sp³-hybridized carbons (Fsp3) is 0.158. The number of benzene rings is 1. The Kier molecular flexibility index (Phi) is 4.42. The van der Waals surface area contributed by atoms with Crippen LogP contribution in [0.1, 0.15) is 34.2 Å². The van der Waals surface area contributed by atoms with Crippen LogP contribution in [-0.4, -0.2) is 20.4 Å². The van der Waals surface area contributed by atoms with Crippen LogP contribution in [0.2, 0.25) is 0 Å². The number of hydrogen-bond donors (Lipinski definition) is 4. The van der Waals surface area contributed by atoms with Crippen LogP contribution in [0.4, 0.5) is 0 Å². The van der Waals surface area contributed by atoms with Gasteiger partial charge in [-0.1, -0.05) is 18.2 Å². The molecule has 0 aliphatic carbocycles. The maximum Gasteiger partial charge on any atom is 0.268 e. The van der Waals surface area contributed by atoms with E-state index in [4.69, 9.17) is 4.42 Å². The van der Waals surface area contributed by atoms with Crippen LogP contribution in [0, 0.1) is 17.4 Å². The molecular formula is C19H17IN4O3. The summed E-state index contributed by atoms with van der Waals surface area (Å²) in [6.07, 6.45) is 0. The highest BCUT2D eigenvalue weighted by atomic mass is 127. The van der Waals surface area contributed by atoms with Crippen molar-refractivity contribution in [3.05, 3.63) is 89.0 Å². The summed E-state index contributed by atoms with van der Waals surface area (Å²) in [5, 5.41) is 10.8. The van der Waals surface area contributed by atoms with Gasteiger partial charge in [-0.3, -0.25) is 19.8 Å². The van der Waals surface area contributed by atoms with Crippen molar-refractivity contribution >= 4 is 22.6 Å². The Bertz CT molecular complexity index is 1170. The van der Waals surface area contributed by atoms with Crippen molar-refractivity contribution in [1.29, 1.82) is 0 Å². The van der Waals surface area contributed by atoms with Gasteiger partial charge < -0.3 is 14.6 Å². The normalized spacial score (nSPS) is 11.4. The van der Waals surface area contributed by atoms with Crippen molar-refractivity contribution in [3.8, 4) is 11.3 Å². The van der Waals surface area contributed by atoms with Crippen LogP contribution in [0.5, 0.6) is 0 Å². The van der Waals surface area contributed by atoms with Gasteiger partial charge in [0.25, 0.3) is 11.1 Å². The van der Waals surface area contributed by atoms with E-state index >= 15 is 0 Å². The molecule has 0 spiro atoms. The number of aryl methyl sites for hydroxylation is 2. The number of H-pyrrole nitrogens is 4. The van der Waals surface area contributed by atoms with Gasteiger partial charge in [0.15, 0.2) is 0 Å². The number of hydrogen-bond acceptors (Lipinski definition) is 3. The molecule has 0 aliphatic rings. The van der Waals surface area contributed by atoms with E-state index in [2.05, 4.69) is 43.0 Å². The van der Waals surface area contributed by atoms with E-state index in [0.717, 1.165) is 9.13 Å². The zero-order chi connectivity index (χ0) is 19.1. The molecule has 0 aliphatic heterocycles. The summed E-state index contributed by atoms with van der Waals surface area (Å²) in [6.45, 7) is 3.58. The Morgan fingerprint density at radius 2 is 1.44 bits per heavy atom. The number of furan rings is 1. The maximum atomic E-state index is 12.5. The maximum absolute atomic E-state index is 12.5. The molecule has 0 saturated heterocycles. The van der Waals surface area contributed by atoms with Gasteiger partial charge in [-0.2, -0.15) is 0 Å². The zero-order valence-electron chi connectivity index (χ0n) is 14.6. The molecule has 8 heteroatoms. The summed E-state index contributed by atoms with van der Waals surface area (Å²) in [6, 6.07) is 11.6. The molecule has 0 bridgehead atoms. The van der Waals surface area contributed by atoms with Crippen LogP contribution in [0.3, 0.4) is 0 Å². The van der Waals surface area contributed by atoms with Crippen molar-refractivity contribution < 1.29 is 4.42 Å². The minimum atomic E-state index is -0.620. The van der Waals surface area contributed by atoms with E-state index < -0.39 is 5.92 Å². The molecule has 0 fully saturated rings. The lowest BCUT2D eigenvalue weighted by molar-refractivity contribution is 0.513. The topological polar surface area (TPSA) is 110 Å². The summed E-state index contributed by atoms with van der Waals surface area (Å²) >= 11 is 2.25. The molecule has 0 radical (unpaired) electrons. The Morgan fingerprint density at radius 3 is 1.96 bits per heavy atom. The molecule has 0 amide bonds. The second-order valence-corrected chi connectivity index (χ2v) is 7.51. The van der Waals surface area contributed by atoms with Crippen molar-refractivity contribution in [2.24, 2.45) is 0 Å². The third kappa shape index (κ3) is 2.99. The smallest absolute Gasteiger partial charge is 0.268 e. The summed E-state index contributed by atoms with van der Waals surface area (Å²) in [5.41, 5.74) is 2.67. The number of aromatic amines is 4. The summed E-state index contributed by atoms with van der Waals surface area (Å²) < 4.78 is 7.20. The Labute approximate surface area is 167 Å². The highest BCUT2D eigenvalue weighted by Gasteiger charge is 2.30. The molecule has 4 N–H and O–H groups in total. The lowest BCUT2D eigenvalue weighted by Crippen LogP contribution is -2.19. The lowest BCUT2D eigenvalue weighted by Gasteiger charge is -2.12. The Morgan fingerprint density at radius 1 is 0.852 bits per heavy atom. The summed E-state index contributed by atoms with van der Waals surface area (Å²) in [5.74, 6) is 0.602. The number of aromatic nitrogens is 4. The van der Waals surface area contributed by atoms with Crippen LogP contribution in [0.25, 0.3) is 11.3 Å². The standard InChI is InChI=1S/C19H17IN4O3/c1-9-15(18(25)23-21-9)17(16-10(2)22-24-19(16)26)14-8-7-13(27-14)11-5-3-4-6-12(11)20/h3-8,17H,1-2H3,(H2,21,23,25)(H2,22,24,26). The molecule has 0 saturated carbocycles. The van der Waals surface area contributed by atoms with Gasteiger partial charge in [-0.15, -0.1) is 0 Å². The lowest BCUT2D eigenvalue weighted by atomic mass is 9.89. The molecule has 3 heterocycles. The molecule has 138 valence electrons. The number of rotatable bonds is 4. The highest BCUT2D eigenvalue weighted by molar-refractivity contribution is 14.1. The molecule has 7 nitrogen and oxygen atoms in total. The quantitative estimate of drug-likeness (QED) is 0.339. The molecule has 4 aromatic rings. The van der Waals surface area contributed by atoms with E-state index in [-0.39, 0.29) is 11.1 Å². The molecule has 4 rings (SSSR count). The predicted octanol–water partition coefficient (Wildman–Crippen LogP) is 3.38. The minimum absolute atomic E-state index is 0.273. The first-order valence-electron chi connectivity index (χ1n) is 8.36. The first-order chi connectivity index (χ1) is 13.0. The molecule has 0 atom stereocenters.